The Morgan fingerprint density at radius 2 is 1.71 bits per heavy atom. The molecule has 1 atom stereocenters. The van der Waals surface area contributed by atoms with Gasteiger partial charge in [0.1, 0.15) is 5.75 Å². The number of carbonyl (C=O) groups excluding carboxylic acids is 1. The van der Waals surface area contributed by atoms with Crippen molar-refractivity contribution in [3.05, 3.63) is 113 Å². The summed E-state index contributed by atoms with van der Waals surface area (Å²) in [5.41, 5.74) is 4.90. The maximum Gasteiger partial charge on any atom is 0.304 e. The number of carbonyl (C=O) groups is 2. The Morgan fingerprint density at radius 3 is 2.46 bits per heavy atom. The summed E-state index contributed by atoms with van der Waals surface area (Å²) < 4.78 is 5.20. The van der Waals surface area contributed by atoms with Crippen LogP contribution in [0.3, 0.4) is 0 Å². The van der Waals surface area contributed by atoms with Gasteiger partial charge in [-0.15, -0.1) is 0 Å². The van der Waals surface area contributed by atoms with Crippen molar-refractivity contribution in [1.29, 1.82) is 0 Å². The van der Waals surface area contributed by atoms with Crippen LogP contribution in [0.5, 0.6) is 5.75 Å². The van der Waals surface area contributed by atoms with E-state index in [1.165, 1.54) is 0 Å². The lowest BCUT2D eigenvalue weighted by Crippen LogP contribution is -2.36. The summed E-state index contributed by atoms with van der Waals surface area (Å²) in [6.07, 6.45) is 0.709. The Balaban J connectivity index is 1.46. The zero-order valence-corrected chi connectivity index (χ0v) is 19.6. The molecule has 1 N–H and O–H groups in total. The number of benzene rings is 4. The molecule has 1 heterocycles. The number of hydrogen-bond acceptors (Lipinski definition) is 3. The first-order chi connectivity index (χ1) is 17.0. The minimum Gasteiger partial charge on any atom is -0.497 e. The van der Waals surface area contributed by atoms with Crippen molar-refractivity contribution in [1.82, 2.24) is 4.90 Å². The first kappa shape index (κ1) is 22.7. The van der Waals surface area contributed by atoms with Gasteiger partial charge in [-0.2, -0.15) is 0 Å². The highest BCUT2D eigenvalue weighted by molar-refractivity contribution is 5.94. The number of rotatable bonds is 6. The quantitative estimate of drug-likeness (QED) is 0.399. The number of carboxylic acid groups (broad SMARTS) is 1. The Kier molecular flexibility index (Phi) is 6.23. The van der Waals surface area contributed by atoms with Gasteiger partial charge in [-0.05, 0) is 63.7 Å². The number of hydrogen-bond donors (Lipinski definition) is 1. The maximum atomic E-state index is 13.1. The van der Waals surface area contributed by atoms with Gasteiger partial charge in [0.25, 0.3) is 5.91 Å². The lowest BCUT2D eigenvalue weighted by atomic mass is 9.81. The number of nitrogens with zero attached hydrogens (tertiary/aromatic N) is 1. The predicted molar refractivity (Wildman–Crippen MR) is 136 cm³/mol. The molecule has 0 fully saturated rings. The van der Waals surface area contributed by atoms with E-state index in [2.05, 4.69) is 24.3 Å². The number of methoxy groups -OCH3 is 1. The molecule has 176 valence electrons. The smallest absolute Gasteiger partial charge is 0.304 e. The fourth-order valence-electron chi connectivity index (χ4n) is 5.06. The number of fused-ring (bicyclic) bond motifs is 2. The Hall–Kier alpha value is -4.12. The highest BCUT2D eigenvalue weighted by Gasteiger charge is 2.27. The maximum absolute atomic E-state index is 13.1. The molecule has 1 aliphatic heterocycles. The normalized spacial score (nSPS) is 13.8. The number of amides is 1. The lowest BCUT2D eigenvalue weighted by molar-refractivity contribution is -0.137. The van der Waals surface area contributed by atoms with Crippen molar-refractivity contribution in [2.75, 3.05) is 13.7 Å². The van der Waals surface area contributed by atoms with Crippen LogP contribution in [-0.4, -0.2) is 35.5 Å². The monoisotopic (exact) mass is 465 g/mol. The van der Waals surface area contributed by atoms with E-state index < -0.39 is 5.97 Å². The summed E-state index contributed by atoms with van der Waals surface area (Å²) >= 11 is 0. The molecule has 5 nitrogen and oxygen atoms in total. The Morgan fingerprint density at radius 1 is 0.943 bits per heavy atom. The fraction of sp³-hybridized carbons (Fsp3) is 0.200. The third-order valence-electron chi connectivity index (χ3n) is 6.86. The molecule has 0 saturated carbocycles. The van der Waals surface area contributed by atoms with E-state index in [4.69, 9.17) is 4.74 Å². The molecule has 1 aliphatic rings. The molecule has 5 rings (SSSR count). The van der Waals surface area contributed by atoms with Gasteiger partial charge in [0, 0.05) is 24.6 Å². The van der Waals surface area contributed by atoms with Crippen LogP contribution in [0.25, 0.3) is 10.8 Å². The van der Waals surface area contributed by atoms with E-state index in [9.17, 15) is 14.7 Å². The Labute approximate surface area is 204 Å². The fourth-order valence-corrected chi connectivity index (χ4v) is 5.06. The van der Waals surface area contributed by atoms with E-state index in [-0.39, 0.29) is 18.2 Å². The molecule has 0 saturated heterocycles. The molecule has 35 heavy (non-hydrogen) atoms. The van der Waals surface area contributed by atoms with Gasteiger partial charge < -0.3 is 14.7 Å². The second-order valence-electron chi connectivity index (χ2n) is 8.95. The van der Waals surface area contributed by atoms with Crippen LogP contribution in [0.4, 0.5) is 0 Å². The summed E-state index contributed by atoms with van der Waals surface area (Å²) in [6.45, 7) is 1.10. The highest BCUT2D eigenvalue weighted by Crippen LogP contribution is 2.36. The van der Waals surface area contributed by atoms with Crippen molar-refractivity contribution in [2.45, 2.75) is 25.3 Å². The zero-order chi connectivity index (χ0) is 24.4. The summed E-state index contributed by atoms with van der Waals surface area (Å²) in [5, 5.41) is 12.0. The minimum atomic E-state index is -0.826. The molecule has 4 aromatic rings. The van der Waals surface area contributed by atoms with Crippen molar-refractivity contribution in [3.8, 4) is 5.75 Å². The summed E-state index contributed by atoms with van der Waals surface area (Å²) in [4.78, 5) is 26.9. The van der Waals surface area contributed by atoms with Crippen LogP contribution >= 0.6 is 0 Å². The molecule has 1 amide bonds. The molecule has 0 aliphatic carbocycles. The predicted octanol–water partition coefficient (Wildman–Crippen LogP) is 5.65. The van der Waals surface area contributed by atoms with Crippen molar-refractivity contribution in [3.63, 3.8) is 0 Å². The molecule has 0 spiro atoms. The van der Waals surface area contributed by atoms with Crippen LogP contribution in [-0.2, 0) is 17.8 Å². The topological polar surface area (TPSA) is 66.8 Å². The molecular weight excluding hydrogens is 438 g/mol. The largest absolute Gasteiger partial charge is 0.497 e. The molecule has 0 aromatic heterocycles. The van der Waals surface area contributed by atoms with E-state index in [0.717, 1.165) is 33.0 Å². The molecule has 0 radical (unpaired) electrons. The van der Waals surface area contributed by atoms with Gasteiger partial charge in [0.2, 0.25) is 0 Å². The molecule has 5 heteroatoms. The van der Waals surface area contributed by atoms with Gasteiger partial charge in [0.05, 0.1) is 13.5 Å². The lowest BCUT2D eigenvalue weighted by Gasteiger charge is -2.32. The second kappa shape index (κ2) is 9.63. The third-order valence-corrected chi connectivity index (χ3v) is 6.86. The summed E-state index contributed by atoms with van der Waals surface area (Å²) in [6, 6.07) is 27.5. The third kappa shape index (κ3) is 4.62. The molecule has 1 unspecified atom stereocenters. The number of ether oxygens (including phenoxy) is 1. The van der Waals surface area contributed by atoms with Gasteiger partial charge in [-0.25, -0.2) is 0 Å². The van der Waals surface area contributed by atoms with Crippen molar-refractivity contribution >= 4 is 22.6 Å². The molecule has 0 bridgehead atoms. The highest BCUT2D eigenvalue weighted by atomic mass is 16.5. The van der Waals surface area contributed by atoms with E-state index >= 15 is 0 Å². The molecule has 4 aromatic carbocycles. The summed E-state index contributed by atoms with van der Waals surface area (Å²) in [7, 11) is 1.60. The number of aliphatic carboxylic acids is 1. The Bertz CT molecular complexity index is 1390. The number of carboxylic acids is 1. The van der Waals surface area contributed by atoms with Crippen LogP contribution in [0.2, 0.25) is 0 Å². The van der Waals surface area contributed by atoms with Crippen molar-refractivity contribution < 1.29 is 19.4 Å². The second-order valence-corrected chi connectivity index (χ2v) is 8.95. The first-order valence-corrected chi connectivity index (χ1v) is 11.8. The van der Waals surface area contributed by atoms with Gasteiger partial charge >= 0.3 is 5.97 Å². The van der Waals surface area contributed by atoms with E-state index in [1.54, 1.807) is 31.4 Å². The minimum absolute atomic E-state index is 0.0136. The van der Waals surface area contributed by atoms with Crippen LogP contribution in [0.1, 0.15) is 45.0 Å². The van der Waals surface area contributed by atoms with E-state index in [1.807, 2.05) is 41.3 Å². The average Bonchev–Trinajstić information content (AvgIpc) is 2.90. The van der Waals surface area contributed by atoms with Crippen LogP contribution in [0.15, 0.2) is 84.9 Å². The first-order valence-electron chi connectivity index (χ1n) is 11.8. The molecular formula is C30H27NO4. The summed E-state index contributed by atoms with van der Waals surface area (Å²) in [5.74, 6) is -0.377. The van der Waals surface area contributed by atoms with Crippen LogP contribution < -0.4 is 4.74 Å². The van der Waals surface area contributed by atoms with Gasteiger partial charge in [-0.1, -0.05) is 60.7 Å². The van der Waals surface area contributed by atoms with Gasteiger partial charge in [0.15, 0.2) is 0 Å². The van der Waals surface area contributed by atoms with E-state index in [0.29, 0.717) is 30.8 Å². The van der Waals surface area contributed by atoms with Crippen molar-refractivity contribution in [2.24, 2.45) is 0 Å². The van der Waals surface area contributed by atoms with Crippen LogP contribution in [0, 0.1) is 0 Å². The zero-order valence-electron chi connectivity index (χ0n) is 19.6. The standard InChI is InChI=1S/C30H27NO4/c1-35-25-13-11-21(12-14-25)30(34)31-16-15-26-24(19-31)7-4-8-27(26)28(18-29(32)33)23-10-9-20-5-2-3-6-22(20)17-23/h2-14,17,28H,15-16,18-19H2,1H3,(H,32,33). The average molecular weight is 466 g/mol. The van der Waals surface area contributed by atoms with Gasteiger partial charge in [-0.3, -0.25) is 9.59 Å². The SMILES string of the molecule is COc1ccc(C(=O)N2CCc3c(cccc3C(CC(=O)O)c3ccc4ccccc4c3)C2)cc1.